The number of benzene rings is 1. The predicted octanol–water partition coefficient (Wildman–Crippen LogP) is 3.23. The minimum absolute atomic E-state index is 0.424. The average molecular weight is 383 g/mol. The first kappa shape index (κ1) is 18.8. The highest BCUT2D eigenvalue weighted by Crippen LogP contribution is 2.17. The number of hydrogen-bond donors (Lipinski definition) is 2. The van der Waals surface area contributed by atoms with E-state index in [4.69, 9.17) is 0 Å². The van der Waals surface area contributed by atoms with Crippen LogP contribution in [0.25, 0.3) is 0 Å². The third kappa shape index (κ3) is 5.01. The number of hydrogen-bond acceptors (Lipinski definition) is 5. The molecular weight excluding hydrogens is 362 g/mol. The summed E-state index contributed by atoms with van der Waals surface area (Å²) in [5, 5.41) is 11.9. The number of aromatic nitrogens is 3. The molecule has 0 fully saturated rings. The molecule has 3 aromatic rings. The van der Waals surface area contributed by atoms with Crippen molar-refractivity contribution in [2.75, 3.05) is 10.6 Å². The maximum atomic E-state index is 12.3. The van der Waals surface area contributed by atoms with Crippen LogP contribution >= 0.6 is 11.3 Å². The summed E-state index contributed by atoms with van der Waals surface area (Å²) in [5.74, 6) is -1.03. The molecule has 2 aromatic heterocycles. The van der Waals surface area contributed by atoms with E-state index in [9.17, 15) is 9.59 Å². The van der Waals surface area contributed by atoms with Crippen LogP contribution in [-0.2, 0) is 22.6 Å². The fourth-order valence-electron chi connectivity index (χ4n) is 2.59. The van der Waals surface area contributed by atoms with Crippen LogP contribution in [0, 0.1) is 6.92 Å². The summed E-state index contributed by atoms with van der Waals surface area (Å²) in [6.45, 7) is 4.40. The number of amides is 2. The lowest BCUT2D eigenvalue weighted by Crippen LogP contribution is -2.30. The van der Waals surface area contributed by atoms with Gasteiger partial charge in [0.25, 0.3) is 0 Å². The second-order valence-corrected chi connectivity index (χ2v) is 6.97. The summed E-state index contributed by atoms with van der Waals surface area (Å²) in [6.07, 6.45) is 1.82. The Bertz CT molecular complexity index is 933. The van der Waals surface area contributed by atoms with Crippen molar-refractivity contribution in [2.24, 2.45) is 0 Å². The van der Waals surface area contributed by atoms with Crippen LogP contribution in [-0.4, -0.2) is 26.6 Å². The molecule has 8 heteroatoms. The Morgan fingerprint density at radius 1 is 1.15 bits per heavy atom. The average Bonchev–Trinajstić information content (AvgIpc) is 3.22. The molecule has 0 saturated heterocycles. The fourth-order valence-corrected chi connectivity index (χ4v) is 3.33. The molecule has 0 spiro atoms. The van der Waals surface area contributed by atoms with E-state index in [2.05, 4.69) is 27.6 Å². The minimum atomic E-state index is -0.753. The molecule has 7 nitrogen and oxygen atoms in total. The highest BCUT2D eigenvalue weighted by molar-refractivity contribution is 7.14. The zero-order valence-electron chi connectivity index (χ0n) is 15.2. The van der Waals surface area contributed by atoms with Gasteiger partial charge in [0.05, 0.1) is 17.9 Å². The highest BCUT2D eigenvalue weighted by atomic mass is 32.1. The van der Waals surface area contributed by atoms with Crippen LogP contribution < -0.4 is 10.6 Å². The van der Waals surface area contributed by atoms with Crippen molar-refractivity contribution in [3.63, 3.8) is 0 Å². The van der Waals surface area contributed by atoms with E-state index in [1.165, 1.54) is 11.3 Å². The normalized spacial score (nSPS) is 10.6. The first-order valence-electron chi connectivity index (χ1n) is 8.70. The van der Waals surface area contributed by atoms with Crippen LogP contribution in [0.3, 0.4) is 0 Å². The lowest BCUT2D eigenvalue weighted by molar-refractivity contribution is -0.133. The van der Waals surface area contributed by atoms with E-state index in [0.717, 1.165) is 29.8 Å². The molecule has 3 rings (SSSR count). The van der Waals surface area contributed by atoms with Gasteiger partial charge in [0.1, 0.15) is 5.82 Å². The third-order valence-corrected chi connectivity index (χ3v) is 4.61. The van der Waals surface area contributed by atoms with E-state index in [-0.39, 0.29) is 0 Å². The van der Waals surface area contributed by atoms with Crippen LogP contribution in [0.15, 0.2) is 41.8 Å². The topological polar surface area (TPSA) is 88.9 Å². The van der Waals surface area contributed by atoms with Gasteiger partial charge in [0.15, 0.2) is 5.13 Å². The minimum Gasteiger partial charge on any atom is -0.302 e. The first-order valence-corrected chi connectivity index (χ1v) is 9.58. The Kier molecular flexibility index (Phi) is 5.97. The second kappa shape index (κ2) is 8.59. The van der Waals surface area contributed by atoms with Gasteiger partial charge in [-0.15, -0.1) is 11.3 Å². The van der Waals surface area contributed by atoms with Crippen molar-refractivity contribution in [1.82, 2.24) is 14.8 Å². The number of carbonyl (C=O) groups excluding carboxylic acids is 2. The number of nitrogens with zero attached hydrogens (tertiary/aromatic N) is 3. The molecule has 27 heavy (non-hydrogen) atoms. The summed E-state index contributed by atoms with van der Waals surface area (Å²) >= 11 is 1.31. The zero-order valence-corrected chi connectivity index (χ0v) is 16.0. The van der Waals surface area contributed by atoms with Gasteiger partial charge in [-0.25, -0.2) is 9.67 Å². The Morgan fingerprint density at radius 3 is 2.63 bits per heavy atom. The van der Waals surface area contributed by atoms with Crippen LogP contribution in [0.5, 0.6) is 0 Å². The van der Waals surface area contributed by atoms with Gasteiger partial charge >= 0.3 is 11.8 Å². The monoisotopic (exact) mass is 383 g/mol. The van der Waals surface area contributed by atoms with Crippen molar-refractivity contribution in [2.45, 2.75) is 33.2 Å². The first-order chi connectivity index (χ1) is 13.0. The van der Waals surface area contributed by atoms with Crippen LogP contribution in [0.1, 0.15) is 30.3 Å². The standard InChI is InChI=1S/C19H21N5O2S/c1-3-7-15-12-27-19(20-15)22-18(26)17(25)21-16-10-13(2)23-24(16)11-14-8-5-4-6-9-14/h4-6,8-10,12H,3,7,11H2,1-2H3,(H,21,25)(H,20,22,26). The molecule has 2 amide bonds. The number of nitrogens with one attached hydrogen (secondary N) is 2. The van der Waals surface area contributed by atoms with Gasteiger partial charge in [-0.3, -0.25) is 14.9 Å². The molecule has 0 bridgehead atoms. The Hall–Kier alpha value is -3.00. The summed E-state index contributed by atoms with van der Waals surface area (Å²) in [4.78, 5) is 28.7. The van der Waals surface area contributed by atoms with Gasteiger partial charge in [0, 0.05) is 11.4 Å². The van der Waals surface area contributed by atoms with Gasteiger partial charge in [0.2, 0.25) is 0 Å². The smallest absolute Gasteiger partial charge is 0.302 e. The summed E-state index contributed by atoms with van der Waals surface area (Å²) in [6, 6.07) is 11.5. The lowest BCUT2D eigenvalue weighted by Gasteiger charge is -2.08. The molecular formula is C19H21N5O2S. The largest absolute Gasteiger partial charge is 0.315 e. The van der Waals surface area contributed by atoms with E-state index in [0.29, 0.717) is 17.5 Å². The van der Waals surface area contributed by atoms with Crippen LogP contribution in [0.4, 0.5) is 10.9 Å². The quantitative estimate of drug-likeness (QED) is 0.640. The van der Waals surface area contributed by atoms with Crippen molar-refractivity contribution < 1.29 is 9.59 Å². The Balaban J connectivity index is 1.65. The molecule has 2 heterocycles. The molecule has 0 aliphatic carbocycles. The number of rotatable bonds is 6. The molecule has 0 radical (unpaired) electrons. The lowest BCUT2D eigenvalue weighted by atomic mass is 10.2. The number of thiazole rings is 1. The molecule has 0 aliphatic heterocycles. The van der Waals surface area contributed by atoms with E-state index >= 15 is 0 Å². The van der Waals surface area contributed by atoms with E-state index in [1.807, 2.05) is 42.6 Å². The van der Waals surface area contributed by atoms with Crippen molar-refractivity contribution >= 4 is 34.1 Å². The maximum Gasteiger partial charge on any atom is 0.315 e. The van der Waals surface area contributed by atoms with Gasteiger partial charge < -0.3 is 5.32 Å². The molecule has 2 N–H and O–H groups in total. The molecule has 1 aromatic carbocycles. The predicted molar refractivity (Wildman–Crippen MR) is 106 cm³/mol. The third-order valence-electron chi connectivity index (χ3n) is 3.80. The van der Waals surface area contributed by atoms with E-state index in [1.54, 1.807) is 10.7 Å². The number of aryl methyl sites for hydroxylation is 2. The number of anilines is 2. The highest BCUT2D eigenvalue weighted by Gasteiger charge is 2.18. The Morgan fingerprint density at radius 2 is 1.89 bits per heavy atom. The maximum absolute atomic E-state index is 12.3. The molecule has 140 valence electrons. The van der Waals surface area contributed by atoms with Gasteiger partial charge in [-0.1, -0.05) is 43.7 Å². The van der Waals surface area contributed by atoms with Crippen molar-refractivity contribution in [3.05, 3.63) is 58.7 Å². The SMILES string of the molecule is CCCc1csc(NC(=O)C(=O)Nc2cc(C)nn2Cc2ccccc2)n1. The van der Waals surface area contributed by atoms with Gasteiger partial charge in [-0.2, -0.15) is 5.10 Å². The molecule has 0 saturated carbocycles. The molecule has 0 unspecified atom stereocenters. The number of carbonyl (C=O) groups is 2. The van der Waals surface area contributed by atoms with Crippen molar-refractivity contribution in [3.8, 4) is 0 Å². The summed E-state index contributed by atoms with van der Waals surface area (Å²) < 4.78 is 1.67. The summed E-state index contributed by atoms with van der Waals surface area (Å²) in [5.41, 5.74) is 2.72. The van der Waals surface area contributed by atoms with Gasteiger partial charge in [-0.05, 0) is 18.9 Å². The fraction of sp³-hybridized carbons (Fsp3) is 0.263. The zero-order chi connectivity index (χ0) is 19.2. The molecule has 0 aliphatic rings. The molecule has 0 atom stereocenters. The van der Waals surface area contributed by atoms with E-state index < -0.39 is 11.8 Å². The van der Waals surface area contributed by atoms with Crippen LogP contribution in [0.2, 0.25) is 0 Å². The Labute approximate surface area is 161 Å². The summed E-state index contributed by atoms with van der Waals surface area (Å²) in [7, 11) is 0. The second-order valence-electron chi connectivity index (χ2n) is 6.12. The van der Waals surface area contributed by atoms with Crippen molar-refractivity contribution in [1.29, 1.82) is 0 Å².